The molecule has 2 aromatic carbocycles. The predicted molar refractivity (Wildman–Crippen MR) is 126 cm³/mol. The number of nitrogens with one attached hydrogen (secondary N) is 1. The van der Waals surface area contributed by atoms with E-state index in [1.54, 1.807) is 4.68 Å². The first-order chi connectivity index (χ1) is 15.6. The zero-order valence-corrected chi connectivity index (χ0v) is 18.5. The summed E-state index contributed by atoms with van der Waals surface area (Å²) in [6, 6.07) is 18.0. The summed E-state index contributed by atoms with van der Waals surface area (Å²) in [6.45, 7) is 3.86. The van der Waals surface area contributed by atoms with E-state index in [0.29, 0.717) is 17.3 Å². The lowest BCUT2D eigenvalue weighted by Gasteiger charge is -2.22. The molecule has 6 heteroatoms. The molecule has 0 bridgehead atoms. The summed E-state index contributed by atoms with van der Waals surface area (Å²) in [5.41, 5.74) is 5.87. The topological polar surface area (TPSA) is 72.7 Å². The van der Waals surface area contributed by atoms with Crippen molar-refractivity contribution in [1.82, 2.24) is 20.0 Å². The van der Waals surface area contributed by atoms with Gasteiger partial charge < -0.3 is 5.32 Å². The van der Waals surface area contributed by atoms with Gasteiger partial charge in [-0.25, -0.2) is 4.68 Å². The molecule has 0 aliphatic heterocycles. The maximum absolute atomic E-state index is 12.8. The number of benzene rings is 2. The van der Waals surface area contributed by atoms with Crippen molar-refractivity contribution >= 4 is 22.5 Å². The minimum atomic E-state index is -0.266. The Labute approximate surface area is 187 Å². The molecule has 1 aliphatic rings. The number of rotatable bonds is 4. The van der Waals surface area contributed by atoms with Crippen LogP contribution in [0.5, 0.6) is 0 Å². The molecule has 6 nitrogen and oxygen atoms in total. The first-order valence-corrected chi connectivity index (χ1v) is 11.3. The Kier molecular flexibility index (Phi) is 5.43. The lowest BCUT2D eigenvalue weighted by atomic mass is 9.83. The number of pyridine rings is 1. The number of amides is 1. The average molecular weight is 426 g/mol. The standard InChI is InChI=1S/C26H27N5O/c1-17-15-24(22-16-20(13-14-23(22)27-17)19-9-5-3-6-10-19)31-18(2)25(29-30-31)26(32)28-21-11-7-4-8-12-21/h4,7-8,11-16,19H,3,5-6,9-10H2,1-2H3,(H,28,32). The van der Waals surface area contributed by atoms with Crippen molar-refractivity contribution in [3.63, 3.8) is 0 Å². The highest BCUT2D eigenvalue weighted by Crippen LogP contribution is 2.35. The van der Waals surface area contributed by atoms with Crippen molar-refractivity contribution in [2.24, 2.45) is 0 Å². The van der Waals surface area contributed by atoms with Crippen LogP contribution in [0.2, 0.25) is 0 Å². The number of carbonyl (C=O) groups is 1. The summed E-state index contributed by atoms with van der Waals surface area (Å²) in [4.78, 5) is 17.6. The Balaban J connectivity index is 1.54. The molecule has 1 fully saturated rings. The van der Waals surface area contributed by atoms with Crippen molar-refractivity contribution in [2.75, 3.05) is 5.32 Å². The Morgan fingerprint density at radius 3 is 2.56 bits per heavy atom. The van der Waals surface area contributed by atoms with Gasteiger partial charge in [-0.1, -0.05) is 48.7 Å². The summed E-state index contributed by atoms with van der Waals surface area (Å²) >= 11 is 0. The van der Waals surface area contributed by atoms with Crippen molar-refractivity contribution in [2.45, 2.75) is 51.9 Å². The highest BCUT2D eigenvalue weighted by molar-refractivity contribution is 6.03. The molecule has 0 spiro atoms. The molecule has 2 aromatic heterocycles. The summed E-state index contributed by atoms with van der Waals surface area (Å²) < 4.78 is 1.77. The van der Waals surface area contributed by atoms with Crippen LogP contribution in [0.1, 0.15) is 65.5 Å². The van der Waals surface area contributed by atoms with Crippen LogP contribution in [0, 0.1) is 13.8 Å². The monoisotopic (exact) mass is 425 g/mol. The molecule has 162 valence electrons. The summed E-state index contributed by atoms with van der Waals surface area (Å²) in [5, 5.41) is 12.5. The number of anilines is 1. The minimum Gasteiger partial charge on any atom is -0.321 e. The van der Waals surface area contributed by atoms with E-state index in [2.05, 4.69) is 33.8 Å². The molecule has 0 atom stereocenters. The van der Waals surface area contributed by atoms with Gasteiger partial charge >= 0.3 is 0 Å². The molecule has 4 aromatic rings. The molecule has 1 saturated carbocycles. The van der Waals surface area contributed by atoms with Gasteiger partial charge in [-0.15, -0.1) is 5.10 Å². The molecule has 1 amide bonds. The van der Waals surface area contributed by atoms with Crippen molar-refractivity contribution in [1.29, 1.82) is 0 Å². The number of fused-ring (bicyclic) bond motifs is 1. The van der Waals surface area contributed by atoms with Gasteiger partial charge in [0.15, 0.2) is 5.69 Å². The molecular weight excluding hydrogens is 398 g/mol. The highest BCUT2D eigenvalue weighted by Gasteiger charge is 2.21. The van der Waals surface area contributed by atoms with Crippen LogP contribution in [0.3, 0.4) is 0 Å². The molecule has 0 saturated heterocycles. The van der Waals surface area contributed by atoms with Gasteiger partial charge in [0, 0.05) is 16.8 Å². The SMILES string of the molecule is Cc1cc(-n2nnc(C(=O)Nc3ccccc3)c2C)c2cc(C3CCCCC3)ccc2n1. The second kappa shape index (κ2) is 8.54. The third-order valence-electron chi connectivity index (χ3n) is 6.39. The van der Waals surface area contributed by atoms with E-state index in [1.165, 1.54) is 37.7 Å². The normalized spacial score (nSPS) is 14.6. The zero-order chi connectivity index (χ0) is 22.1. The van der Waals surface area contributed by atoms with Crippen molar-refractivity contribution < 1.29 is 4.79 Å². The van der Waals surface area contributed by atoms with Crippen molar-refractivity contribution in [3.8, 4) is 5.69 Å². The van der Waals surface area contributed by atoms with Crippen LogP contribution in [0.15, 0.2) is 54.6 Å². The first kappa shape index (κ1) is 20.4. The number of aryl methyl sites for hydroxylation is 1. The lowest BCUT2D eigenvalue weighted by Crippen LogP contribution is -2.14. The quantitative estimate of drug-likeness (QED) is 0.453. The third-order valence-corrected chi connectivity index (χ3v) is 6.39. The Morgan fingerprint density at radius 2 is 1.78 bits per heavy atom. The number of hydrogen-bond donors (Lipinski definition) is 1. The minimum absolute atomic E-state index is 0.266. The van der Waals surface area contributed by atoms with Crippen LogP contribution in [-0.4, -0.2) is 25.9 Å². The molecule has 5 rings (SSSR count). The van der Waals surface area contributed by atoms with E-state index in [9.17, 15) is 4.79 Å². The van der Waals surface area contributed by atoms with Gasteiger partial charge in [0.1, 0.15) is 0 Å². The van der Waals surface area contributed by atoms with Crippen LogP contribution in [-0.2, 0) is 0 Å². The average Bonchev–Trinajstić information content (AvgIpc) is 3.20. The number of para-hydroxylation sites is 1. The van der Waals surface area contributed by atoms with Crippen LogP contribution < -0.4 is 5.32 Å². The fourth-order valence-electron chi connectivity index (χ4n) is 4.70. The zero-order valence-electron chi connectivity index (χ0n) is 18.5. The van der Waals surface area contributed by atoms with Crippen LogP contribution in [0.4, 0.5) is 5.69 Å². The Bertz CT molecular complexity index is 1270. The first-order valence-electron chi connectivity index (χ1n) is 11.3. The molecule has 0 radical (unpaired) electrons. The fraction of sp³-hybridized carbons (Fsp3) is 0.308. The second-order valence-electron chi connectivity index (χ2n) is 8.65. The van der Waals surface area contributed by atoms with E-state index in [0.717, 1.165) is 28.0 Å². The molecular formula is C26H27N5O. The lowest BCUT2D eigenvalue weighted by molar-refractivity contribution is 0.102. The number of nitrogens with zero attached hydrogens (tertiary/aromatic N) is 4. The second-order valence-corrected chi connectivity index (χ2v) is 8.65. The predicted octanol–water partition coefficient (Wildman–Crippen LogP) is 5.73. The highest BCUT2D eigenvalue weighted by atomic mass is 16.2. The fourth-order valence-corrected chi connectivity index (χ4v) is 4.70. The molecule has 0 unspecified atom stereocenters. The van der Waals surface area contributed by atoms with Crippen LogP contribution >= 0.6 is 0 Å². The van der Waals surface area contributed by atoms with Gasteiger partial charge in [-0.05, 0) is 68.5 Å². The summed E-state index contributed by atoms with van der Waals surface area (Å²) in [6.07, 6.45) is 6.41. The Morgan fingerprint density at radius 1 is 1.00 bits per heavy atom. The molecule has 1 aliphatic carbocycles. The van der Waals surface area contributed by atoms with Gasteiger partial charge in [0.05, 0.1) is 16.9 Å². The van der Waals surface area contributed by atoms with E-state index in [-0.39, 0.29) is 5.91 Å². The number of aromatic nitrogens is 4. The smallest absolute Gasteiger partial charge is 0.278 e. The van der Waals surface area contributed by atoms with Crippen molar-refractivity contribution in [3.05, 3.63) is 77.2 Å². The maximum Gasteiger partial charge on any atom is 0.278 e. The van der Waals surface area contributed by atoms with E-state index >= 15 is 0 Å². The summed E-state index contributed by atoms with van der Waals surface area (Å²) in [7, 11) is 0. The number of hydrogen-bond acceptors (Lipinski definition) is 4. The van der Waals surface area contributed by atoms with Gasteiger partial charge in [0.25, 0.3) is 5.91 Å². The van der Waals surface area contributed by atoms with Gasteiger partial charge in [-0.3, -0.25) is 9.78 Å². The third kappa shape index (κ3) is 3.88. The maximum atomic E-state index is 12.8. The Hall–Kier alpha value is -3.54. The van der Waals surface area contributed by atoms with E-state index < -0.39 is 0 Å². The van der Waals surface area contributed by atoms with Crippen LogP contribution in [0.25, 0.3) is 16.6 Å². The summed E-state index contributed by atoms with van der Waals surface area (Å²) in [5.74, 6) is 0.337. The molecule has 1 N–H and O–H groups in total. The molecule has 2 heterocycles. The van der Waals surface area contributed by atoms with Gasteiger partial charge in [0.2, 0.25) is 0 Å². The largest absolute Gasteiger partial charge is 0.321 e. The van der Waals surface area contributed by atoms with Gasteiger partial charge in [-0.2, -0.15) is 0 Å². The van der Waals surface area contributed by atoms with E-state index in [4.69, 9.17) is 4.98 Å². The number of carbonyl (C=O) groups excluding carboxylic acids is 1. The van der Waals surface area contributed by atoms with E-state index in [1.807, 2.05) is 50.2 Å². The molecule has 32 heavy (non-hydrogen) atoms.